The first-order valence-electron chi connectivity index (χ1n) is 10.4. The van der Waals surface area contributed by atoms with Gasteiger partial charge in [0.15, 0.2) is 13.1 Å². The van der Waals surface area contributed by atoms with Crippen molar-refractivity contribution in [2.75, 3.05) is 44.6 Å². The van der Waals surface area contributed by atoms with Crippen molar-refractivity contribution in [3.63, 3.8) is 0 Å². The van der Waals surface area contributed by atoms with Gasteiger partial charge in [-0.1, -0.05) is 48.0 Å². The second kappa shape index (κ2) is 10.2. The average Bonchev–Trinajstić information content (AvgIpc) is 2.74. The fourth-order valence-electron chi connectivity index (χ4n) is 3.62. The van der Waals surface area contributed by atoms with Crippen molar-refractivity contribution in [3.8, 4) is 0 Å². The van der Waals surface area contributed by atoms with Crippen molar-refractivity contribution in [1.29, 1.82) is 0 Å². The van der Waals surface area contributed by atoms with Gasteiger partial charge in [-0.2, -0.15) is 0 Å². The van der Waals surface area contributed by atoms with Crippen LogP contribution in [-0.2, 0) is 9.59 Å². The number of rotatable bonds is 7. The highest BCUT2D eigenvalue weighted by molar-refractivity contribution is 5.91. The van der Waals surface area contributed by atoms with Gasteiger partial charge in [-0.3, -0.25) is 9.59 Å². The Morgan fingerprint density at radius 1 is 1.07 bits per heavy atom. The van der Waals surface area contributed by atoms with E-state index in [1.165, 1.54) is 16.0 Å². The van der Waals surface area contributed by atoms with Gasteiger partial charge < -0.3 is 20.4 Å². The molecule has 1 heterocycles. The van der Waals surface area contributed by atoms with E-state index in [4.69, 9.17) is 0 Å². The SMILES string of the molecule is Cc1ccc(NC(=O)C[NH+]2CCN(C(=O)C[NH2+][C@@H](C)c3ccccc3)CC2)cc1. The number of benzene rings is 2. The predicted octanol–water partition coefficient (Wildman–Crippen LogP) is -0.0148. The molecule has 1 atom stereocenters. The summed E-state index contributed by atoms with van der Waals surface area (Å²) in [5.74, 6) is 0.199. The van der Waals surface area contributed by atoms with Crippen molar-refractivity contribution in [2.45, 2.75) is 19.9 Å². The van der Waals surface area contributed by atoms with E-state index in [1.54, 1.807) is 0 Å². The van der Waals surface area contributed by atoms with Crippen molar-refractivity contribution in [1.82, 2.24) is 4.90 Å². The topological polar surface area (TPSA) is 70.5 Å². The summed E-state index contributed by atoms with van der Waals surface area (Å²) in [6.45, 7) is 8.07. The number of piperazine rings is 1. The Morgan fingerprint density at radius 3 is 2.38 bits per heavy atom. The lowest BCUT2D eigenvalue weighted by atomic mass is 10.1. The smallest absolute Gasteiger partial charge is 0.279 e. The molecular weight excluding hydrogens is 364 g/mol. The number of anilines is 1. The van der Waals surface area contributed by atoms with Crippen LogP contribution in [0.1, 0.15) is 24.1 Å². The maximum Gasteiger partial charge on any atom is 0.279 e. The molecule has 2 aromatic rings. The van der Waals surface area contributed by atoms with Gasteiger partial charge in [-0.05, 0) is 26.0 Å². The summed E-state index contributed by atoms with van der Waals surface area (Å²) in [7, 11) is 0. The number of carbonyl (C=O) groups is 2. The molecule has 0 radical (unpaired) electrons. The van der Waals surface area contributed by atoms with E-state index in [0.29, 0.717) is 26.2 Å². The molecule has 0 saturated carbocycles. The molecule has 1 aliphatic rings. The summed E-state index contributed by atoms with van der Waals surface area (Å²) in [4.78, 5) is 28.0. The molecule has 1 fully saturated rings. The minimum absolute atomic E-state index is 0.0219. The Balaban J connectivity index is 1.37. The lowest BCUT2D eigenvalue weighted by molar-refractivity contribution is -0.895. The van der Waals surface area contributed by atoms with Gasteiger partial charge in [0.2, 0.25) is 0 Å². The summed E-state index contributed by atoms with van der Waals surface area (Å²) in [6, 6.07) is 18.3. The maximum absolute atomic E-state index is 12.5. The molecule has 6 heteroatoms. The second-order valence-corrected chi connectivity index (χ2v) is 7.86. The van der Waals surface area contributed by atoms with Crippen LogP contribution in [0.15, 0.2) is 54.6 Å². The molecule has 4 N–H and O–H groups in total. The summed E-state index contributed by atoms with van der Waals surface area (Å²) >= 11 is 0. The van der Waals surface area contributed by atoms with Gasteiger partial charge >= 0.3 is 0 Å². The Kier molecular flexibility index (Phi) is 7.38. The molecular formula is C23H32N4O2+2. The average molecular weight is 397 g/mol. The molecule has 0 spiro atoms. The van der Waals surface area contributed by atoms with Crippen LogP contribution in [0.25, 0.3) is 0 Å². The first kappa shape index (κ1) is 21.0. The minimum atomic E-state index is 0.0219. The van der Waals surface area contributed by atoms with Crippen LogP contribution in [0.2, 0.25) is 0 Å². The molecule has 29 heavy (non-hydrogen) atoms. The largest absolute Gasteiger partial charge is 0.333 e. The zero-order valence-corrected chi connectivity index (χ0v) is 17.4. The number of hydrogen-bond acceptors (Lipinski definition) is 2. The van der Waals surface area contributed by atoms with E-state index < -0.39 is 0 Å². The second-order valence-electron chi connectivity index (χ2n) is 7.86. The maximum atomic E-state index is 12.5. The number of aryl methyl sites for hydroxylation is 1. The van der Waals surface area contributed by atoms with Gasteiger partial charge in [0, 0.05) is 11.3 Å². The fourth-order valence-corrected chi connectivity index (χ4v) is 3.62. The summed E-state index contributed by atoms with van der Waals surface area (Å²) < 4.78 is 0. The lowest BCUT2D eigenvalue weighted by Crippen LogP contribution is -3.15. The van der Waals surface area contributed by atoms with Gasteiger partial charge in [0.05, 0.1) is 26.2 Å². The number of nitrogens with two attached hydrogens (primary N) is 1. The van der Waals surface area contributed by atoms with Gasteiger partial charge in [0.1, 0.15) is 6.04 Å². The van der Waals surface area contributed by atoms with Crippen molar-refractivity contribution >= 4 is 17.5 Å². The predicted molar refractivity (Wildman–Crippen MR) is 114 cm³/mol. The summed E-state index contributed by atoms with van der Waals surface area (Å²) in [5.41, 5.74) is 3.23. The van der Waals surface area contributed by atoms with Crippen molar-refractivity contribution in [2.24, 2.45) is 0 Å². The quantitative estimate of drug-likeness (QED) is 0.616. The van der Waals surface area contributed by atoms with E-state index in [2.05, 4.69) is 29.7 Å². The van der Waals surface area contributed by atoms with Crippen LogP contribution in [0.5, 0.6) is 0 Å². The highest BCUT2D eigenvalue weighted by Gasteiger charge is 2.26. The fraction of sp³-hybridized carbons (Fsp3) is 0.391. The first-order valence-corrected chi connectivity index (χ1v) is 10.4. The summed E-state index contributed by atoms with van der Waals surface area (Å²) in [6.07, 6.45) is 0. The van der Waals surface area contributed by atoms with E-state index in [1.807, 2.05) is 54.3 Å². The number of amides is 2. The standard InChI is InChI=1S/C23H30N4O2/c1-18-8-10-21(11-9-18)25-22(28)17-26-12-14-27(15-13-26)23(29)16-24-19(2)20-6-4-3-5-7-20/h3-11,19,24H,12-17H2,1-2H3,(H,25,28)/p+2/t19-/m0/s1. The number of carbonyl (C=O) groups excluding carboxylic acids is 2. The highest BCUT2D eigenvalue weighted by Crippen LogP contribution is 2.08. The minimum Gasteiger partial charge on any atom is -0.333 e. The molecule has 2 aromatic carbocycles. The third-order valence-corrected chi connectivity index (χ3v) is 5.54. The monoisotopic (exact) mass is 396 g/mol. The molecule has 1 aliphatic heterocycles. The van der Waals surface area contributed by atoms with Gasteiger partial charge in [-0.25, -0.2) is 0 Å². The van der Waals surface area contributed by atoms with E-state index >= 15 is 0 Å². The van der Waals surface area contributed by atoms with Crippen LogP contribution >= 0.6 is 0 Å². The number of hydrogen-bond donors (Lipinski definition) is 3. The normalized spacial score (nSPS) is 15.7. The molecule has 3 rings (SSSR count). The summed E-state index contributed by atoms with van der Waals surface area (Å²) in [5, 5.41) is 5.04. The van der Waals surface area contributed by atoms with E-state index in [9.17, 15) is 9.59 Å². The van der Waals surface area contributed by atoms with Crippen LogP contribution in [-0.4, -0.2) is 56.0 Å². The molecule has 0 bridgehead atoms. The first-order chi connectivity index (χ1) is 14.0. The van der Waals surface area contributed by atoms with Crippen LogP contribution < -0.4 is 15.5 Å². The molecule has 1 saturated heterocycles. The zero-order valence-electron chi connectivity index (χ0n) is 17.4. The lowest BCUT2D eigenvalue weighted by Gasteiger charge is -2.31. The van der Waals surface area contributed by atoms with Gasteiger partial charge in [0.25, 0.3) is 11.8 Å². The third kappa shape index (κ3) is 6.41. The molecule has 6 nitrogen and oxygen atoms in total. The van der Waals surface area contributed by atoms with Gasteiger partial charge in [-0.15, -0.1) is 0 Å². The number of nitrogens with one attached hydrogen (secondary N) is 2. The highest BCUT2D eigenvalue weighted by atomic mass is 16.2. The Hall–Kier alpha value is -2.70. The van der Waals surface area contributed by atoms with Crippen molar-refractivity contribution < 1.29 is 19.8 Å². The Bertz CT molecular complexity index is 799. The molecule has 0 aliphatic carbocycles. The van der Waals surface area contributed by atoms with E-state index in [0.717, 1.165) is 18.8 Å². The Labute approximate surface area is 172 Å². The van der Waals surface area contributed by atoms with Crippen LogP contribution in [0.3, 0.4) is 0 Å². The molecule has 0 unspecified atom stereocenters. The van der Waals surface area contributed by atoms with E-state index in [-0.39, 0.29) is 17.9 Å². The molecule has 154 valence electrons. The zero-order chi connectivity index (χ0) is 20.6. The third-order valence-electron chi connectivity index (χ3n) is 5.54. The molecule has 0 aromatic heterocycles. The van der Waals surface area contributed by atoms with Crippen LogP contribution in [0, 0.1) is 6.92 Å². The molecule has 2 amide bonds. The number of quaternary nitrogens is 2. The Morgan fingerprint density at radius 2 is 1.72 bits per heavy atom. The van der Waals surface area contributed by atoms with Crippen molar-refractivity contribution in [3.05, 3.63) is 65.7 Å². The van der Waals surface area contributed by atoms with Crippen LogP contribution in [0.4, 0.5) is 5.69 Å². The number of nitrogens with zero attached hydrogens (tertiary/aromatic N) is 1.